The number of rotatable bonds is 8. The zero-order valence-electron chi connectivity index (χ0n) is 17.2. The average Bonchev–Trinajstić information content (AvgIpc) is 3.25. The molecule has 0 spiro atoms. The number of nitrogens with zero attached hydrogens (tertiary/aromatic N) is 6. The molecule has 0 aliphatic carbocycles. The Morgan fingerprint density at radius 1 is 1.30 bits per heavy atom. The second-order valence-electron chi connectivity index (χ2n) is 7.88. The number of amides is 1. The zero-order chi connectivity index (χ0) is 21.5. The van der Waals surface area contributed by atoms with Crippen molar-refractivity contribution in [2.45, 2.75) is 44.2 Å². The molecule has 2 fully saturated rings. The number of likely N-dealkylation sites (tertiary alicyclic amines) is 1. The number of carbonyl (C=O) groups is 1. The van der Waals surface area contributed by atoms with Crippen LogP contribution in [0.15, 0.2) is 18.3 Å². The molecule has 2 atom stereocenters. The van der Waals surface area contributed by atoms with Gasteiger partial charge in [-0.2, -0.15) is 5.26 Å². The van der Waals surface area contributed by atoms with Gasteiger partial charge in [-0.3, -0.25) is 19.8 Å². The van der Waals surface area contributed by atoms with Gasteiger partial charge < -0.3 is 15.5 Å². The highest BCUT2D eigenvalue weighted by Gasteiger charge is 2.31. The van der Waals surface area contributed by atoms with Crippen LogP contribution in [0.3, 0.4) is 0 Å². The van der Waals surface area contributed by atoms with E-state index in [2.05, 4.69) is 20.9 Å². The fourth-order valence-electron chi connectivity index (χ4n) is 4.07. The number of carbonyl (C=O) groups excluding carboxylic acids is 1. The molecule has 30 heavy (non-hydrogen) atoms. The van der Waals surface area contributed by atoms with E-state index in [9.17, 15) is 14.9 Å². The highest BCUT2D eigenvalue weighted by atomic mass is 16.6. The predicted molar refractivity (Wildman–Crippen MR) is 112 cm³/mol. The topological polar surface area (TPSA) is 133 Å². The van der Waals surface area contributed by atoms with Crippen molar-refractivity contribution in [2.75, 3.05) is 44.2 Å². The Hall–Kier alpha value is -2.77. The number of unbranched alkanes of at least 4 members (excludes halogenated alkanes) is 1. The number of aromatic nitrogens is 1. The largest absolute Gasteiger partial charge is 0.354 e. The fraction of sp³-hybridized carbons (Fsp3) is 0.650. The summed E-state index contributed by atoms with van der Waals surface area (Å²) in [6, 6.07) is 4.53. The molecule has 3 heterocycles. The van der Waals surface area contributed by atoms with Crippen LogP contribution in [0, 0.1) is 21.4 Å². The Morgan fingerprint density at radius 2 is 2.07 bits per heavy atom. The minimum atomic E-state index is -0.524. The van der Waals surface area contributed by atoms with Crippen LogP contribution < -0.4 is 10.6 Å². The second kappa shape index (κ2) is 10.3. The molecule has 10 nitrogen and oxygen atoms in total. The number of nitriles is 1. The van der Waals surface area contributed by atoms with E-state index >= 15 is 0 Å². The lowest BCUT2D eigenvalue weighted by Crippen LogP contribution is -2.47. The highest BCUT2D eigenvalue weighted by Crippen LogP contribution is 2.19. The minimum Gasteiger partial charge on any atom is -0.354 e. The van der Waals surface area contributed by atoms with Crippen molar-refractivity contribution >= 4 is 17.4 Å². The number of nitrogens with two attached hydrogens (primary N) is 1. The third kappa shape index (κ3) is 5.43. The van der Waals surface area contributed by atoms with Gasteiger partial charge in [-0.05, 0) is 38.3 Å². The summed E-state index contributed by atoms with van der Waals surface area (Å²) in [5, 5.41) is 19.9. The first-order valence-electron chi connectivity index (χ1n) is 10.5. The van der Waals surface area contributed by atoms with Crippen LogP contribution in [0.25, 0.3) is 0 Å². The summed E-state index contributed by atoms with van der Waals surface area (Å²) in [6.07, 6.45) is 5.41. The van der Waals surface area contributed by atoms with Crippen molar-refractivity contribution < 1.29 is 9.72 Å². The molecule has 10 heteroatoms. The molecule has 3 rings (SSSR count). The molecule has 1 aromatic heterocycles. The quantitative estimate of drug-likeness (QED) is 0.379. The van der Waals surface area contributed by atoms with Crippen LogP contribution in [0.5, 0.6) is 0 Å². The molecule has 0 aromatic carbocycles. The van der Waals surface area contributed by atoms with Gasteiger partial charge in [-0.15, -0.1) is 0 Å². The van der Waals surface area contributed by atoms with Crippen molar-refractivity contribution in [3.05, 3.63) is 28.4 Å². The lowest BCUT2D eigenvalue weighted by molar-refractivity contribution is -0.385. The van der Waals surface area contributed by atoms with Crippen LogP contribution in [0.4, 0.5) is 11.5 Å². The number of pyridine rings is 1. The number of hydrogen-bond acceptors (Lipinski definition) is 8. The zero-order valence-corrected chi connectivity index (χ0v) is 17.2. The van der Waals surface area contributed by atoms with Crippen molar-refractivity contribution in [3.63, 3.8) is 0 Å². The molecule has 162 valence electrons. The van der Waals surface area contributed by atoms with Gasteiger partial charge in [0.2, 0.25) is 5.91 Å². The third-order valence-corrected chi connectivity index (χ3v) is 5.88. The van der Waals surface area contributed by atoms with Gasteiger partial charge >= 0.3 is 0 Å². The van der Waals surface area contributed by atoms with E-state index in [0.29, 0.717) is 13.0 Å². The third-order valence-electron chi connectivity index (χ3n) is 5.88. The molecule has 0 unspecified atom stereocenters. The van der Waals surface area contributed by atoms with E-state index in [1.807, 2.05) is 0 Å². The number of nitro groups is 1. The number of hydrogen-bond donors (Lipinski definition) is 1. The lowest BCUT2D eigenvalue weighted by Gasteiger charge is -2.35. The molecule has 2 aliphatic heterocycles. The number of piperazine rings is 1. The molecule has 1 amide bonds. The molecular formula is C20H29N7O3. The molecule has 0 saturated carbocycles. The van der Waals surface area contributed by atoms with Gasteiger partial charge in [0.05, 0.1) is 17.0 Å². The molecule has 0 bridgehead atoms. The molecule has 2 saturated heterocycles. The highest BCUT2D eigenvalue weighted by molar-refractivity contribution is 5.82. The first kappa shape index (κ1) is 21.9. The van der Waals surface area contributed by atoms with Crippen LogP contribution in [-0.4, -0.2) is 77.0 Å². The van der Waals surface area contributed by atoms with Crippen molar-refractivity contribution in [1.82, 2.24) is 14.8 Å². The molecule has 2 aliphatic rings. The normalized spacial score (nSPS) is 20.7. The van der Waals surface area contributed by atoms with Gasteiger partial charge in [0, 0.05) is 38.8 Å². The van der Waals surface area contributed by atoms with E-state index in [1.54, 1.807) is 11.0 Å². The van der Waals surface area contributed by atoms with Gasteiger partial charge in [-0.1, -0.05) is 6.42 Å². The van der Waals surface area contributed by atoms with E-state index in [-0.39, 0.29) is 17.6 Å². The molecule has 0 radical (unpaired) electrons. The fourth-order valence-corrected chi connectivity index (χ4v) is 4.07. The Bertz CT molecular complexity index is 772. The Labute approximate surface area is 176 Å². The summed E-state index contributed by atoms with van der Waals surface area (Å²) in [7, 11) is 0. The molecular weight excluding hydrogens is 386 g/mol. The number of anilines is 1. The first-order chi connectivity index (χ1) is 14.5. The first-order valence-corrected chi connectivity index (χ1v) is 10.5. The summed E-state index contributed by atoms with van der Waals surface area (Å²) < 4.78 is 0. The second-order valence-corrected chi connectivity index (χ2v) is 7.88. The van der Waals surface area contributed by atoms with Gasteiger partial charge in [0.25, 0.3) is 5.69 Å². The minimum absolute atomic E-state index is 0.00181. The Balaban J connectivity index is 1.33. The molecule has 1 aromatic rings. The smallest absolute Gasteiger partial charge is 0.287 e. The summed E-state index contributed by atoms with van der Waals surface area (Å²) in [4.78, 5) is 33.1. The average molecular weight is 415 g/mol. The summed E-state index contributed by atoms with van der Waals surface area (Å²) in [5.74, 6) is 0.672. The van der Waals surface area contributed by atoms with Crippen LogP contribution in [-0.2, 0) is 4.79 Å². The van der Waals surface area contributed by atoms with Crippen LogP contribution in [0.2, 0.25) is 0 Å². The Morgan fingerprint density at radius 3 is 2.70 bits per heavy atom. The molecule has 2 N–H and O–H groups in total. The lowest BCUT2D eigenvalue weighted by atomic mass is 10.1. The van der Waals surface area contributed by atoms with Gasteiger partial charge in [0.1, 0.15) is 18.1 Å². The van der Waals surface area contributed by atoms with Crippen LogP contribution >= 0.6 is 0 Å². The maximum absolute atomic E-state index is 12.4. The van der Waals surface area contributed by atoms with E-state index < -0.39 is 11.0 Å². The van der Waals surface area contributed by atoms with Gasteiger partial charge in [0.15, 0.2) is 0 Å². The standard InChI is InChI=1S/C20H29N7O3/c21-14-16-4-3-9-26(16)20(28)18(22)5-1-2-8-24-10-12-25(13-11-24)19-7-6-17(15-23-19)27(29)30/h6-7,15-16,18H,1-5,8-13,22H2/t16-,18-/m0/s1. The summed E-state index contributed by atoms with van der Waals surface area (Å²) in [6.45, 7) is 5.05. The van der Waals surface area contributed by atoms with Crippen LogP contribution in [0.1, 0.15) is 32.1 Å². The maximum atomic E-state index is 12.4. The van der Waals surface area contributed by atoms with E-state index in [1.165, 1.54) is 12.3 Å². The van der Waals surface area contributed by atoms with Crippen molar-refractivity contribution in [2.24, 2.45) is 5.73 Å². The van der Waals surface area contributed by atoms with Gasteiger partial charge in [-0.25, -0.2) is 4.98 Å². The monoisotopic (exact) mass is 415 g/mol. The maximum Gasteiger partial charge on any atom is 0.287 e. The van der Waals surface area contributed by atoms with Crippen molar-refractivity contribution in [1.29, 1.82) is 5.26 Å². The summed E-state index contributed by atoms with van der Waals surface area (Å²) >= 11 is 0. The predicted octanol–water partition coefficient (Wildman–Crippen LogP) is 1.12. The van der Waals surface area contributed by atoms with E-state index in [0.717, 1.165) is 64.2 Å². The summed E-state index contributed by atoms with van der Waals surface area (Å²) in [5.41, 5.74) is 6.08. The Kier molecular flexibility index (Phi) is 7.54. The van der Waals surface area contributed by atoms with Crippen molar-refractivity contribution in [3.8, 4) is 6.07 Å². The SMILES string of the molecule is N#C[C@@H]1CCCN1C(=O)[C@@H](N)CCCCN1CCN(c2ccc([N+](=O)[O-])cn2)CC1. The van der Waals surface area contributed by atoms with E-state index in [4.69, 9.17) is 11.0 Å².